The van der Waals surface area contributed by atoms with Crippen molar-refractivity contribution >= 4 is 27.3 Å². The molecule has 2 unspecified atom stereocenters. The molecule has 19 heavy (non-hydrogen) atoms. The van der Waals surface area contributed by atoms with E-state index in [0.29, 0.717) is 0 Å². The predicted octanol–water partition coefficient (Wildman–Crippen LogP) is 4.03. The Kier molecular flexibility index (Phi) is 5.16. The van der Waals surface area contributed by atoms with Gasteiger partial charge >= 0.3 is 0 Å². The topological polar surface area (TPSA) is 29.3 Å². The van der Waals surface area contributed by atoms with E-state index in [2.05, 4.69) is 69.8 Å². The number of nitrogens with zero attached hydrogens (tertiary/aromatic N) is 1. The molecule has 0 spiro atoms. The second kappa shape index (κ2) is 6.66. The van der Waals surface area contributed by atoms with Gasteiger partial charge in [0.25, 0.3) is 0 Å². The first-order chi connectivity index (χ1) is 9.08. The van der Waals surface area contributed by atoms with Crippen LogP contribution in [0.15, 0.2) is 45.6 Å². The lowest BCUT2D eigenvalue weighted by Gasteiger charge is -2.31. The van der Waals surface area contributed by atoms with Crippen molar-refractivity contribution in [2.24, 2.45) is 5.73 Å². The second-order valence-electron chi connectivity index (χ2n) is 4.91. The highest BCUT2D eigenvalue weighted by Gasteiger charge is 2.21. The Morgan fingerprint density at radius 1 is 1.37 bits per heavy atom. The molecular formula is C15H19BrN2S. The highest BCUT2D eigenvalue weighted by molar-refractivity contribution is 9.10. The van der Waals surface area contributed by atoms with E-state index >= 15 is 0 Å². The quantitative estimate of drug-likeness (QED) is 0.891. The van der Waals surface area contributed by atoms with Gasteiger partial charge in [-0.3, -0.25) is 4.90 Å². The molecule has 1 aromatic heterocycles. The summed E-state index contributed by atoms with van der Waals surface area (Å²) in [4.78, 5) is 2.31. The third kappa shape index (κ3) is 3.89. The summed E-state index contributed by atoms with van der Waals surface area (Å²) in [6, 6.07) is 10.9. The zero-order valence-corrected chi connectivity index (χ0v) is 13.6. The van der Waals surface area contributed by atoms with Crippen molar-refractivity contribution in [1.82, 2.24) is 4.90 Å². The Hall–Kier alpha value is -0.680. The maximum atomic E-state index is 6.19. The molecule has 1 aromatic carbocycles. The molecule has 0 amide bonds. The standard InChI is InChI=1S/C15H19BrN2S/c1-11(17)15(13-4-3-5-14(16)8-13)18(2)9-12-6-7-19-10-12/h3-8,10-11,15H,9,17H2,1-2H3. The van der Waals surface area contributed by atoms with Crippen LogP contribution >= 0.6 is 27.3 Å². The fourth-order valence-electron chi connectivity index (χ4n) is 2.42. The van der Waals surface area contributed by atoms with Gasteiger partial charge in [0.1, 0.15) is 0 Å². The number of hydrogen-bond donors (Lipinski definition) is 1. The molecule has 0 aliphatic heterocycles. The van der Waals surface area contributed by atoms with E-state index in [9.17, 15) is 0 Å². The summed E-state index contributed by atoms with van der Waals surface area (Å²) in [5.41, 5.74) is 8.79. The number of likely N-dealkylation sites (N-methyl/N-ethyl adjacent to an activating group) is 1. The highest BCUT2D eigenvalue weighted by atomic mass is 79.9. The summed E-state index contributed by atoms with van der Waals surface area (Å²) in [5.74, 6) is 0. The van der Waals surface area contributed by atoms with Crippen LogP contribution in [0.5, 0.6) is 0 Å². The summed E-state index contributed by atoms with van der Waals surface area (Å²) in [5, 5.41) is 4.30. The molecule has 2 nitrogen and oxygen atoms in total. The Balaban J connectivity index is 2.20. The maximum Gasteiger partial charge on any atom is 0.0497 e. The molecule has 2 aromatic rings. The molecule has 2 rings (SSSR count). The molecule has 0 bridgehead atoms. The molecule has 0 saturated heterocycles. The fourth-order valence-corrected chi connectivity index (χ4v) is 3.50. The normalized spacial score (nSPS) is 14.6. The largest absolute Gasteiger partial charge is 0.326 e. The molecule has 102 valence electrons. The van der Waals surface area contributed by atoms with Crippen LogP contribution in [-0.4, -0.2) is 18.0 Å². The number of halogens is 1. The fraction of sp³-hybridized carbons (Fsp3) is 0.333. The number of nitrogens with two attached hydrogens (primary N) is 1. The first-order valence-electron chi connectivity index (χ1n) is 6.30. The summed E-state index contributed by atoms with van der Waals surface area (Å²) < 4.78 is 1.10. The van der Waals surface area contributed by atoms with Gasteiger partial charge in [-0.15, -0.1) is 0 Å². The maximum absolute atomic E-state index is 6.19. The molecular weight excluding hydrogens is 320 g/mol. The third-order valence-electron chi connectivity index (χ3n) is 3.18. The van der Waals surface area contributed by atoms with Gasteiger partial charge in [-0.05, 0) is 54.1 Å². The SMILES string of the molecule is CC(N)C(c1cccc(Br)c1)N(C)Cc1ccsc1. The van der Waals surface area contributed by atoms with Crippen molar-refractivity contribution in [3.8, 4) is 0 Å². The zero-order valence-electron chi connectivity index (χ0n) is 11.2. The zero-order chi connectivity index (χ0) is 13.8. The van der Waals surface area contributed by atoms with Gasteiger partial charge in [0, 0.05) is 23.1 Å². The Morgan fingerprint density at radius 2 is 2.16 bits per heavy atom. The minimum atomic E-state index is 0.0814. The van der Waals surface area contributed by atoms with Crippen molar-refractivity contribution in [2.45, 2.75) is 25.6 Å². The van der Waals surface area contributed by atoms with E-state index in [0.717, 1.165) is 11.0 Å². The highest BCUT2D eigenvalue weighted by Crippen LogP contribution is 2.26. The van der Waals surface area contributed by atoms with Gasteiger partial charge in [0.15, 0.2) is 0 Å². The average Bonchev–Trinajstić information content (AvgIpc) is 2.81. The van der Waals surface area contributed by atoms with E-state index in [1.165, 1.54) is 11.1 Å². The molecule has 4 heteroatoms. The van der Waals surface area contributed by atoms with Crippen LogP contribution in [0.1, 0.15) is 24.1 Å². The smallest absolute Gasteiger partial charge is 0.0497 e. The van der Waals surface area contributed by atoms with Gasteiger partial charge in [-0.25, -0.2) is 0 Å². The minimum absolute atomic E-state index is 0.0814. The molecule has 1 heterocycles. The minimum Gasteiger partial charge on any atom is -0.326 e. The van der Waals surface area contributed by atoms with E-state index in [-0.39, 0.29) is 12.1 Å². The molecule has 0 aliphatic carbocycles. The Bertz CT molecular complexity index is 511. The van der Waals surface area contributed by atoms with Crippen LogP contribution in [0.4, 0.5) is 0 Å². The van der Waals surface area contributed by atoms with Crippen LogP contribution < -0.4 is 5.73 Å². The molecule has 0 fully saturated rings. The second-order valence-corrected chi connectivity index (χ2v) is 6.60. The van der Waals surface area contributed by atoms with Gasteiger partial charge in [0.05, 0.1) is 0 Å². The lowest BCUT2D eigenvalue weighted by Crippen LogP contribution is -2.36. The molecule has 2 N–H and O–H groups in total. The summed E-state index contributed by atoms with van der Waals surface area (Å²) in [7, 11) is 2.13. The number of rotatable bonds is 5. The van der Waals surface area contributed by atoms with Crippen LogP contribution in [-0.2, 0) is 6.54 Å². The number of hydrogen-bond acceptors (Lipinski definition) is 3. The van der Waals surface area contributed by atoms with Crippen molar-refractivity contribution in [3.05, 3.63) is 56.7 Å². The molecule has 2 atom stereocenters. The molecule has 0 aliphatic rings. The van der Waals surface area contributed by atoms with Crippen LogP contribution in [0.2, 0.25) is 0 Å². The van der Waals surface area contributed by atoms with E-state index < -0.39 is 0 Å². The van der Waals surface area contributed by atoms with Crippen LogP contribution in [0.3, 0.4) is 0 Å². The van der Waals surface area contributed by atoms with Crippen LogP contribution in [0.25, 0.3) is 0 Å². The van der Waals surface area contributed by atoms with Gasteiger partial charge < -0.3 is 5.73 Å². The average molecular weight is 339 g/mol. The van der Waals surface area contributed by atoms with Gasteiger partial charge in [-0.1, -0.05) is 28.1 Å². The first kappa shape index (κ1) is 14.7. The number of benzene rings is 1. The third-order valence-corrected chi connectivity index (χ3v) is 4.40. The Labute approximate surface area is 127 Å². The van der Waals surface area contributed by atoms with Gasteiger partial charge in [0.2, 0.25) is 0 Å². The van der Waals surface area contributed by atoms with Crippen molar-refractivity contribution in [2.75, 3.05) is 7.05 Å². The summed E-state index contributed by atoms with van der Waals surface area (Å²) in [6.45, 7) is 2.98. The monoisotopic (exact) mass is 338 g/mol. The lowest BCUT2D eigenvalue weighted by molar-refractivity contribution is 0.211. The molecule has 0 radical (unpaired) electrons. The predicted molar refractivity (Wildman–Crippen MR) is 86.3 cm³/mol. The summed E-state index contributed by atoms with van der Waals surface area (Å²) in [6.07, 6.45) is 0. The van der Waals surface area contributed by atoms with Gasteiger partial charge in [-0.2, -0.15) is 11.3 Å². The van der Waals surface area contributed by atoms with Crippen molar-refractivity contribution < 1.29 is 0 Å². The molecule has 0 saturated carbocycles. The van der Waals surface area contributed by atoms with E-state index in [4.69, 9.17) is 5.73 Å². The van der Waals surface area contributed by atoms with Crippen molar-refractivity contribution in [1.29, 1.82) is 0 Å². The van der Waals surface area contributed by atoms with E-state index in [1.54, 1.807) is 11.3 Å². The lowest BCUT2D eigenvalue weighted by atomic mass is 9.99. The van der Waals surface area contributed by atoms with Crippen molar-refractivity contribution in [3.63, 3.8) is 0 Å². The first-order valence-corrected chi connectivity index (χ1v) is 8.04. The Morgan fingerprint density at radius 3 is 2.74 bits per heavy atom. The summed E-state index contributed by atoms with van der Waals surface area (Å²) >= 11 is 5.27. The number of thiophene rings is 1. The van der Waals surface area contributed by atoms with Crippen LogP contribution in [0, 0.1) is 0 Å². The van der Waals surface area contributed by atoms with E-state index in [1.807, 2.05) is 6.07 Å².